The molecule has 0 aliphatic rings. The maximum atomic E-state index is 12.0. The number of nitrogens with two attached hydrogens (primary N) is 1. The lowest BCUT2D eigenvalue weighted by molar-refractivity contribution is 0.159. The van der Waals surface area contributed by atoms with E-state index in [1.54, 1.807) is 12.1 Å². The van der Waals surface area contributed by atoms with Gasteiger partial charge in [0.2, 0.25) is 10.0 Å². The first kappa shape index (κ1) is 15.5. The number of hydrogen-bond acceptors (Lipinski definition) is 4. The van der Waals surface area contributed by atoms with Crippen LogP contribution >= 0.6 is 0 Å². The van der Waals surface area contributed by atoms with Crippen LogP contribution in [-0.4, -0.2) is 27.7 Å². The van der Waals surface area contributed by atoms with E-state index in [1.165, 1.54) is 6.07 Å². The second kappa shape index (κ2) is 6.53. The van der Waals surface area contributed by atoms with Gasteiger partial charge in [-0.3, -0.25) is 0 Å². The van der Waals surface area contributed by atoms with Gasteiger partial charge in [0.25, 0.3) is 0 Å². The molecule has 0 atom stereocenters. The van der Waals surface area contributed by atoms with Gasteiger partial charge in [-0.05, 0) is 23.6 Å². The Morgan fingerprint density at radius 2 is 2.11 bits per heavy atom. The van der Waals surface area contributed by atoms with Crippen molar-refractivity contribution in [1.29, 1.82) is 0 Å². The van der Waals surface area contributed by atoms with E-state index < -0.39 is 16.1 Å². The molecule has 0 heterocycles. The van der Waals surface area contributed by atoms with Gasteiger partial charge in [-0.25, -0.2) is 17.9 Å². The monoisotopic (exact) mass is 286 g/mol. The van der Waals surface area contributed by atoms with Crippen molar-refractivity contribution >= 4 is 16.1 Å². The Hall–Kier alpha value is -1.60. The standard InChI is InChI=1S/C12H18N2O4S/c1-9(2)10-4-3-5-11(8-10)19(16,17)14-6-7-18-12(13)15/h3-5,8-9,14H,6-7H2,1-2H3,(H2,13,15). The third kappa shape index (κ3) is 4.88. The summed E-state index contributed by atoms with van der Waals surface area (Å²) in [5.41, 5.74) is 5.71. The van der Waals surface area contributed by atoms with Gasteiger partial charge in [0.1, 0.15) is 6.61 Å². The highest BCUT2D eigenvalue weighted by Crippen LogP contribution is 2.18. The Labute approximate surface area is 113 Å². The summed E-state index contributed by atoms with van der Waals surface area (Å²) in [5.74, 6) is 0.244. The molecule has 1 rings (SSSR count). The molecule has 106 valence electrons. The number of nitrogens with one attached hydrogen (secondary N) is 1. The largest absolute Gasteiger partial charge is 0.448 e. The van der Waals surface area contributed by atoms with Crippen LogP contribution in [0.5, 0.6) is 0 Å². The molecule has 0 saturated carbocycles. The Kier molecular flexibility index (Phi) is 5.31. The van der Waals surface area contributed by atoms with Crippen molar-refractivity contribution in [3.05, 3.63) is 29.8 Å². The minimum atomic E-state index is -3.60. The topological polar surface area (TPSA) is 98.5 Å². The van der Waals surface area contributed by atoms with Gasteiger partial charge in [-0.2, -0.15) is 0 Å². The molecule has 1 aromatic carbocycles. The van der Waals surface area contributed by atoms with E-state index in [1.807, 2.05) is 19.9 Å². The van der Waals surface area contributed by atoms with Crippen molar-refractivity contribution in [3.63, 3.8) is 0 Å². The molecule has 1 amide bonds. The first-order valence-electron chi connectivity index (χ1n) is 5.85. The SMILES string of the molecule is CC(C)c1cccc(S(=O)(=O)NCCOC(N)=O)c1. The Morgan fingerprint density at radius 1 is 1.42 bits per heavy atom. The van der Waals surface area contributed by atoms with Crippen molar-refractivity contribution in [2.45, 2.75) is 24.7 Å². The van der Waals surface area contributed by atoms with E-state index in [-0.39, 0.29) is 24.0 Å². The summed E-state index contributed by atoms with van der Waals surface area (Å²) >= 11 is 0. The quantitative estimate of drug-likeness (QED) is 0.767. The molecule has 6 nitrogen and oxygen atoms in total. The highest BCUT2D eigenvalue weighted by atomic mass is 32.2. The van der Waals surface area contributed by atoms with E-state index in [0.717, 1.165) is 5.56 Å². The van der Waals surface area contributed by atoms with Gasteiger partial charge in [-0.15, -0.1) is 0 Å². The van der Waals surface area contributed by atoms with Gasteiger partial charge in [0.05, 0.1) is 4.90 Å². The van der Waals surface area contributed by atoms with Crippen molar-refractivity contribution in [3.8, 4) is 0 Å². The molecular formula is C12H18N2O4S. The second-order valence-electron chi connectivity index (χ2n) is 4.29. The van der Waals surface area contributed by atoms with Crippen LogP contribution in [0.4, 0.5) is 4.79 Å². The molecule has 7 heteroatoms. The molecule has 0 unspecified atom stereocenters. The normalized spacial score (nSPS) is 11.5. The van der Waals surface area contributed by atoms with Crippen LogP contribution in [0, 0.1) is 0 Å². The molecule has 0 aliphatic carbocycles. The third-order valence-electron chi connectivity index (χ3n) is 2.47. The van der Waals surface area contributed by atoms with Crippen LogP contribution in [-0.2, 0) is 14.8 Å². The summed E-state index contributed by atoms with van der Waals surface area (Å²) in [6.07, 6.45) is -0.930. The van der Waals surface area contributed by atoms with Crippen LogP contribution in [0.15, 0.2) is 29.2 Å². The predicted octanol–water partition coefficient (Wildman–Crippen LogP) is 1.18. The number of primary amides is 1. The molecule has 0 radical (unpaired) electrons. The molecule has 19 heavy (non-hydrogen) atoms. The summed E-state index contributed by atoms with van der Waals surface area (Å²) in [6, 6.07) is 6.72. The number of ether oxygens (including phenoxy) is 1. The summed E-state index contributed by atoms with van der Waals surface area (Å²) in [7, 11) is -3.60. The van der Waals surface area contributed by atoms with Crippen molar-refractivity contribution in [2.75, 3.05) is 13.2 Å². The van der Waals surface area contributed by atoms with Gasteiger partial charge in [0, 0.05) is 6.54 Å². The van der Waals surface area contributed by atoms with Crippen LogP contribution in [0.2, 0.25) is 0 Å². The molecule has 0 aromatic heterocycles. The smallest absolute Gasteiger partial charge is 0.404 e. The predicted molar refractivity (Wildman–Crippen MR) is 71.3 cm³/mol. The zero-order valence-corrected chi connectivity index (χ0v) is 11.7. The van der Waals surface area contributed by atoms with E-state index in [4.69, 9.17) is 5.73 Å². The molecule has 0 aliphatic heterocycles. The number of amides is 1. The second-order valence-corrected chi connectivity index (χ2v) is 6.06. The van der Waals surface area contributed by atoms with Gasteiger partial charge < -0.3 is 10.5 Å². The van der Waals surface area contributed by atoms with Crippen molar-refractivity contribution < 1.29 is 17.9 Å². The van der Waals surface area contributed by atoms with E-state index >= 15 is 0 Å². The average Bonchev–Trinajstić information content (AvgIpc) is 2.34. The van der Waals surface area contributed by atoms with Crippen molar-refractivity contribution in [1.82, 2.24) is 4.72 Å². The number of sulfonamides is 1. The highest BCUT2D eigenvalue weighted by Gasteiger charge is 2.14. The first-order valence-corrected chi connectivity index (χ1v) is 7.33. The fraction of sp³-hybridized carbons (Fsp3) is 0.417. The summed E-state index contributed by atoms with van der Waals surface area (Å²) in [6.45, 7) is 3.86. The number of carbonyl (C=O) groups excluding carboxylic acids is 1. The fourth-order valence-electron chi connectivity index (χ4n) is 1.45. The fourth-order valence-corrected chi connectivity index (χ4v) is 2.52. The zero-order chi connectivity index (χ0) is 14.5. The zero-order valence-electron chi connectivity index (χ0n) is 10.9. The molecule has 1 aromatic rings. The Morgan fingerprint density at radius 3 is 2.68 bits per heavy atom. The Bertz CT molecular complexity index is 540. The van der Waals surface area contributed by atoms with Crippen LogP contribution in [0.25, 0.3) is 0 Å². The molecule has 0 bridgehead atoms. The first-order chi connectivity index (χ1) is 8.83. The molecule has 3 N–H and O–H groups in total. The summed E-state index contributed by atoms with van der Waals surface area (Å²) in [5, 5.41) is 0. The number of hydrogen-bond donors (Lipinski definition) is 2. The summed E-state index contributed by atoms with van der Waals surface area (Å²) < 4.78 is 30.7. The lowest BCUT2D eigenvalue weighted by atomic mass is 10.0. The van der Waals surface area contributed by atoms with E-state index in [9.17, 15) is 13.2 Å². The molecule has 0 spiro atoms. The maximum absolute atomic E-state index is 12.0. The maximum Gasteiger partial charge on any atom is 0.404 e. The van der Waals surface area contributed by atoms with Crippen LogP contribution in [0.1, 0.15) is 25.3 Å². The number of carbonyl (C=O) groups is 1. The lowest BCUT2D eigenvalue weighted by Crippen LogP contribution is -2.29. The van der Waals surface area contributed by atoms with Crippen LogP contribution in [0.3, 0.4) is 0 Å². The van der Waals surface area contributed by atoms with Gasteiger partial charge in [-0.1, -0.05) is 26.0 Å². The van der Waals surface area contributed by atoms with E-state index in [2.05, 4.69) is 9.46 Å². The molecule has 0 saturated heterocycles. The van der Waals surface area contributed by atoms with Crippen LogP contribution < -0.4 is 10.5 Å². The highest BCUT2D eigenvalue weighted by molar-refractivity contribution is 7.89. The molecule has 0 fully saturated rings. The van der Waals surface area contributed by atoms with Gasteiger partial charge >= 0.3 is 6.09 Å². The molecular weight excluding hydrogens is 268 g/mol. The minimum Gasteiger partial charge on any atom is -0.448 e. The van der Waals surface area contributed by atoms with E-state index in [0.29, 0.717) is 0 Å². The van der Waals surface area contributed by atoms with Crippen molar-refractivity contribution in [2.24, 2.45) is 5.73 Å². The number of benzene rings is 1. The van der Waals surface area contributed by atoms with Gasteiger partial charge in [0.15, 0.2) is 0 Å². The summed E-state index contributed by atoms with van der Waals surface area (Å²) in [4.78, 5) is 10.5. The number of rotatable bonds is 6. The Balaban J connectivity index is 2.72. The third-order valence-corrected chi connectivity index (χ3v) is 3.93. The minimum absolute atomic E-state index is 0.0167. The lowest BCUT2D eigenvalue weighted by Gasteiger charge is -2.10. The average molecular weight is 286 g/mol.